The molecule has 0 bridgehead atoms. The number of allylic oxidation sites excluding steroid dienone is 4. The average molecular weight is 150 g/mol. The van der Waals surface area contributed by atoms with Crippen molar-refractivity contribution in [2.75, 3.05) is 7.11 Å². The van der Waals surface area contributed by atoms with Crippen molar-refractivity contribution in [2.24, 2.45) is 5.16 Å². The van der Waals surface area contributed by atoms with Crippen LogP contribution in [0.4, 0.5) is 0 Å². The van der Waals surface area contributed by atoms with E-state index in [1.165, 1.54) is 0 Å². The highest BCUT2D eigenvalue weighted by atomic mass is 16.6. The van der Waals surface area contributed by atoms with Gasteiger partial charge >= 0.3 is 0 Å². The first-order valence-electron chi connectivity index (χ1n) is 3.76. The van der Waals surface area contributed by atoms with Crippen LogP contribution in [0.3, 0.4) is 0 Å². The molecule has 0 spiro atoms. The lowest BCUT2D eigenvalue weighted by atomic mass is 10.0. The zero-order valence-corrected chi connectivity index (χ0v) is 6.92. The second kappa shape index (κ2) is 3.96. The molecule has 0 saturated heterocycles. The molecular formula is C9H12NO. The zero-order valence-electron chi connectivity index (χ0n) is 6.92. The zero-order chi connectivity index (χ0) is 8.10. The minimum atomic E-state index is 0.865. The van der Waals surface area contributed by atoms with E-state index in [0.29, 0.717) is 0 Å². The molecular weight excluding hydrogens is 138 g/mol. The van der Waals surface area contributed by atoms with Gasteiger partial charge in [-0.15, -0.1) is 0 Å². The van der Waals surface area contributed by atoms with Gasteiger partial charge in [0, 0.05) is 6.42 Å². The monoisotopic (exact) mass is 150 g/mol. The largest absolute Gasteiger partial charge is 0.399 e. The van der Waals surface area contributed by atoms with Crippen LogP contribution in [-0.4, -0.2) is 12.8 Å². The highest BCUT2D eigenvalue weighted by Gasteiger charge is 2.06. The van der Waals surface area contributed by atoms with Crippen molar-refractivity contribution in [3.63, 3.8) is 0 Å². The van der Waals surface area contributed by atoms with Crippen molar-refractivity contribution in [3.05, 3.63) is 23.8 Å². The van der Waals surface area contributed by atoms with Crippen LogP contribution in [-0.2, 0) is 4.84 Å². The summed E-state index contributed by atoms with van der Waals surface area (Å²) in [5.74, 6) is 0. The molecule has 1 aliphatic rings. The van der Waals surface area contributed by atoms with Crippen LogP contribution >= 0.6 is 0 Å². The predicted molar refractivity (Wildman–Crippen MR) is 45.2 cm³/mol. The molecule has 1 radical (unpaired) electrons. The van der Waals surface area contributed by atoms with Crippen molar-refractivity contribution >= 4 is 5.71 Å². The van der Waals surface area contributed by atoms with Crippen LogP contribution in [0.2, 0.25) is 0 Å². The highest BCUT2D eigenvalue weighted by molar-refractivity contribution is 6.01. The Hall–Kier alpha value is -1.05. The second-order valence-corrected chi connectivity index (χ2v) is 2.30. The van der Waals surface area contributed by atoms with Gasteiger partial charge in [0.1, 0.15) is 7.11 Å². The molecule has 0 N–H and O–H groups in total. The summed E-state index contributed by atoms with van der Waals surface area (Å²) in [5, 5.41) is 3.90. The Labute approximate surface area is 67.2 Å². The molecule has 0 heterocycles. The quantitative estimate of drug-likeness (QED) is 0.552. The number of hydrogen-bond donors (Lipinski definition) is 0. The van der Waals surface area contributed by atoms with Crippen molar-refractivity contribution in [1.29, 1.82) is 0 Å². The fourth-order valence-corrected chi connectivity index (χ4v) is 1.05. The smallest absolute Gasteiger partial charge is 0.106 e. The van der Waals surface area contributed by atoms with E-state index < -0.39 is 0 Å². The third-order valence-electron chi connectivity index (χ3n) is 1.59. The van der Waals surface area contributed by atoms with E-state index in [9.17, 15) is 0 Å². The number of nitrogens with zero attached hydrogens (tertiary/aromatic N) is 1. The van der Waals surface area contributed by atoms with Crippen LogP contribution < -0.4 is 0 Å². The first-order valence-corrected chi connectivity index (χ1v) is 3.76. The lowest BCUT2D eigenvalue weighted by Gasteiger charge is -2.07. The van der Waals surface area contributed by atoms with E-state index in [2.05, 4.69) is 18.2 Å². The van der Waals surface area contributed by atoms with Crippen LogP contribution in [0.15, 0.2) is 22.9 Å². The van der Waals surface area contributed by atoms with Gasteiger partial charge in [-0.2, -0.15) is 0 Å². The van der Waals surface area contributed by atoms with Gasteiger partial charge in [0.25, 0.3) is 0 Å². The molecule has 0 aromatic rings. The van der Waals surface area contributed by atoms with Gasteiger partial charge in [0.15, 0.2) is 0 Å². The molecule has 0 amide bonds. The average Bonchev–Trinajstić information content (AvgIpc) is 2.06. The number of rotatable bonds is 2. The van der Waals surface area contributed by atoms with E-state index in [4.69, 9.17) is 4.84 Å². The molecule has 0 aliphatic heterocycles. The number of oxime groups is 1. The summed E-state index contributed by atoms with van der Waals surface area (Å²) >= 11 is 0. The van der Waals surface area contributed by atoms with Crippen molar-refractivity contribution in [3.8, 4) is 0 Å². The molecule has 59 valence electrons. The molecule has 0 atom stereocenters. The predicted octanol–water partition coefficient (Wildman–Crippen LogP) is 2.09. The molecule has 2 heteroatoms. The van der Waals surface area contributed by atoms with Crippen LogP contribution in [0.25, 0.3) is 0 Å². The summed E-state index contributed by atoms with van der Waals surface area (Å²) in [6.45, 7) is 2.09. The minimum Gasteiger partial charge on any atom is -0.399 e. The molecule has 0 unspecified atom stereocenters. The summed E-state index contributed by atoms with van der Waals surface area (Å²) in [7, 11) is 1.57. The minimum absolute atomic E-state index is 0.865. The lowest BCUT2D eigenvalue weighted by Crippen LogP contribution is -2.04. The second-order valence-electron chi connectivity index (χ2n) is 2.30. The molecule has 0 fully saturated rings. The van der Waals surface area contributed by atoms with Crippen LogP contribution in [0.5, 0.6) is 0 Å². The van der Waals surface area contributed by atoms with Crippen molar-refractivity contribution in [1.82, 2.24) is 0 Å². The van der Waals surface area contributed by atoms with Crippen molar-refractivity contribution in [2.45, 2.75) is 19.8 Å². The van der Waals surface area contributed by atoms with Gasteiger partial charge in [-0.1, -0.05) is 24.2 Å². The molecule has 0 saturated carbocycles. The Bertz CT molecular complexity index is 214. The number of hydrogen-bond acceptors (Lipinski definition) is 2. The topological polar surface area (TPSA) is 21.6 Å². The molecule has 0 aromatic carbocycles. The van der Waals surface area contributed by atoms with Gasteiger partial charge in [-0.05, 0) is 18.1 Å². The third-order valence-corrected chi connectivity index (χ3v) is 1.59. The van der Waals surface area contributed by atoms with Gasteiger partial charge in [0.05, 0.1) is 5.71 Å². The molecule has 1 aliphatic carbocycles. The fourth-order valence-electron chi connectivity index (χ4n) is 1.05. The van der Waals surface area contributed by atoms with E-state index in [-0.39, 0.29) is 0 Å². The van der Waals surface area contributed by atoms with E-state index in [1.807, 2.05) is 12.2 Å². The Morgan fingerprint density at radius 2 is 2.55 bits per heavy atom. The Kier molecular flexibility index (Phi) is 2.90. The Morgan fingerprint density at radius 1 is 1.73 bits per heavy atom. The maximum atomic E-state index is 4.71. The summed E-state index contributed by atoms with van der Waals surface area (Å²) < 4.78 is 0. The first kappa shape index (κ1) is 8.05. The summed E-state index contributed by atoms with van der Waals surface area (Å²) in [6, 6.07) is 0. The Morgan fingerprint density at radius 3 is 3.18 bits per heavy atom. The standard InChI is InChI=1S/C9H12NO/c1-3-8-6-4-5-7-9(8)10-11-2/h4-5H,3,7H2,1-2H3. The van der Waals surface area contributed by atoms with E-state index in [0.717, 1.165) is 24.1 Å². The van der Waals surface area contributed by atoms with Crippen LogP contribution in [0.1, 0.15) is 19.8 Å². The molecule has 1 rings (SSSR count). The maximum Gasteiger partial charge on any atom is 0.106 e. The first-order chi connectivity index (χ1) is 5.38. The summed E-state index contributed by atoms with van der Waals surface area (Å²) in [5.41, 5.74) is 2.15. The summed E-state index contributed by atoms with van der Waals surface area (Å²) in [6.07, 6.45) is 8.92. The highest BCUT2D eigenvalue weighted by Crippen LogP contribution is 2.12. The normalized spacial score (nSPS) is 20.2. The van der Waals surface area contributed by atoms with E-state index in [1.54, 1.807) is 7.11 Å². The van der Waals surface area contributed by atoms with E-state index >= 15 is 0 Å². The third kappa shape index (κ3) is 1.93. The summed E-state index contributed by atoms with van der Waals surface area (Å²) in [4.78, 5) is 4.71. The van der Waals surface area contributed by atoms with Crippen LogP contribution in [0, 0.1) is 6.08 Å². The SMILES string of the molecule is CCC1=[C]C=CCC1=NOC. The Balaban J connectivity index is 2.75. The van der Waals surface area contributed by atoms with Crippen molar-refractivity contribution < 1.29 is 4.84 Å². The molecule has 0 aromatic heterocycles. The van der Waals surface area contributed by atoms with Gasteiger partial charge in [-0.25, -0.2) is 0 Å². The lowest BCUT2D eigenvalue weighted by molar-refractivity contribution is 0.213. The van der Waals surface area contributed by atoms with Gasteiger partial charge in [-0.3, -0.25) is 0 Å². The van der Waals surface area contributed by atoms with Gasteiger partial charge < -0.3 is 4.84 Å². The molecule has 11 heavy (non-hydrogen) atoms. The van der Waals surface area contributed by atoms with Gasteiger partial charge in [0.2, 0.25) is 0 Å². The molecule has 2 nitrogen and oxygen atoms in total. The maximum absolute atomic E-state index is 4.71. The fraction of sp³-hybridized carbons (Fsp3) is 0.444.